The zero-order chi connectivity index (χ0) is 19.7. The van der Waals surface area contributed by atoms with Crippen LogP contribution in [0.4, 0.5) is 11.5 Å². The lowest BCUT2D eigenvalue weighted by Crippen LogP contribution is -2.24. The number of aromatic nitrogens is 2. The number of anilines is 2. The maximum Gasteiger partial charge on any atom is 0.249 e. The molecule has 2 fully saturated rings. The van der Waals surface area contributed by atoms with Gasteiger partial charge in [0.15, 0.2) is 0 Å². The van der Waals surface area contributed by atoms with E-state index in [0.717, 1.165) is 5.56 Å². The van der Waals surface area contributed by atoms with Gasteiger partial charge in [0, 0.05) is 18.7 Å². The van der Waals surface area contributed by atoms with Gasteiger partial charge in [0.2, 0.25) is 15.9 Å². The molecule has 7 nitrogen and oxygen atoms in total. The molecule has 1 N–H and O–H groups in total. The fourth-order valence-electron chi connectivity index (χ4n) is 3.54. The molecule has 4 rings (SSSR count). The van der Waals surface area contributed by atoms with Crippen LogP contribution in [0.2, 0.25) is 0 Å². The molecular weight excluding hydrogens is 376 g/mol. The first kappa shape index (κ1) is 18.7. The minimum Gasteiger partial charge on any atom is -0.307 e. The van der Waals surface area contributed by atoms with Crippen LogP contribution in [-0.2, 0) is 14.8 Å². The quantitative estimate of drug-likeness (QED) is 0.756. The van der Waals surface area contributed by atoms with E-state index < -0.39 is 10.0 Å². The van der Waals surface area contributed by atoms with Gasteiger partial charge in [-0.1, -0.05) is 12.1 Å². The number of nitrogens with zero attached hydrogens (tertiary/aromatic N) is 3. The van der Waals surface area contributed by atoms with Crippen LogP contribution in [0.1, 0.15) is 37.8 Å². The lowest BCUT2D eigenvalue weighted by atomic mass is 10.2. The Morgan fingerprint density at radius 3 is 2.64 bits per heavy atom. The second-order valence-corrected chi connectivity index (χ2v) is 9.41. The third-order valence-electron chi connectivity index (χ3n) is 5.32. The summed E-state index contributed by atoms with van der Waals surface area (Å²) < 4.78 is 27.3. The molecule has 28 heavy (non-hydrogen) atoms. The molecule has 1 aromatic heterocycles. The summed E-state index contributed by atoms with van der Waals surface area (Å²) >= 11 is 0. The zero-order valence-corrected chi connectivity index (χ0v) is 16.6. The van der Waals surface area contributed by atoms with Crippen LogP contribution in [-0.4, -0.2) is 36.4 Å². The van der Waals surface area contributed by atoms with Gasteiger partial charge in [-0.05, 0) is 55.9 Å². The molecule has 0 bridgehead atoms. The van der Waals surface area contributed by atoms with Gasteiger partial charge in [-0.25, -0.2) is 13.1 Å². The average Bonchev–Trinajstić information content (AvgIpc) is 3.33. The molecule has 0 spiro atoms. The summed E-state index contributed by atoms with van der Waals surface area (Å²) in [5, 5.41) is 7.21. The average molecular weight is 401 g/mol. The third kappa shape index (κ3) is 3.96. The molecule has 2 aliphatic rings. The number of amides is 1. The van der Waals surface area contributed by atoms with Crippen molar-refractivity contribution < 1.29 is 13.2 Å². The highest BCUT2D eigenvalue weighted by Gasteiger charge is 2.31. The number of rotatable bonds is 6. The van der Waals surface area contributed by atoms with Crippen molar-refractivity contribution in [3.8, 4) is 0 Å². The molecule has 1 aliphatic carbocycles. The molecule has 0 radical (unpaired) electrons. The minimum absolute atomic E-state index is 0.199. The highest BCUT2D eigenvalue weighted by Crippen LogP contribution is 2.40. The van der Waals surface area contributed by atoms with Crippen LogP contribution in [0, 0.1) is 5.92 Å². The monoisotopic (exact) mass is 400 g/mol. The first-order valence-corrected chi connectivity index (χ1v) is 11.2. The first-order chi connectivity index (χ1) is 13.4. The molecule has 1 saturated heterocycles. The molecule has 1 aromatic carbocycles. The van der Waals surface area contributed by atoms with E-state index in [9.17, 15) is 13.2 Å². The maximum atomic E-state index is 12.3. The zero-order valence-electron chi connectivity index (χ0n) is 15.8. The van der Waals surface area contributed by atoms with Crippen molar-refractivity contribution in [2.45, 2.75) is 32.2 Å². The molecule has 2 heterocycles. The first-order valence-electron chi connectivity index (χ1n) is 9.57. The van der Waals surface area contributed by atoms with Crippen LogP contribution < -0.4 is 9.62 Å². The van der Waals surface area contributed by atoms with Gasteiger partial charge in [0.1, 0.15) is 5.82 Å². The standard InChI is InChI=1S/C20H24N4O3S/c1-15(17-6-7-17)24-19(11-12-21-24)22-20(25)10-5-16-3-8-18(9-4-16)23-13-2-14-28(23,26)27/h3-5,8-12,15,17H,2,6-7,13-14H2,1H3,(H,22,25)/b10-5+. The summed E-state index contributed by atoms with van der Waals surface area (Å²) in [6.07, 6.45) is 7.96. The van der Waals surface area contributed by atoms with E-state index in [1.54, 1.807) is 30.5 Å². The van der Waals surface area contributed by atoms with Crippen molar-refractivity contribution in [1.29, 1.82) is 0 Å². The third-order valence-corrected chi connectivity index (χ3v) is 7.19. The largest absolute Gasteiger partial charge is 0.307 e. The molecule has 2 aromatic rings. The second kappa shape index (κ2) is 7.43. The van der Waals surface area contributed by atoms with E-state index >= 15 is 0 Å². The van der Waals surface area contributed by atoms with E-state index in [0.29, 0.717) is 30.4 Å². The highest BCUT2D eigenvalue weighted by molar-refractivity contribution is 7.93. The number of carbonyl (C=O) groups excluding carboxylic acids is 1. The highest BCUT2D eigenvalue weighted by atomic mass is 32.2. The van der Waals surface area contributed by atoms with E-state index in [1.165, 1.54) is 23.2 Å². The maximum absolute atomic E-state index is 12.3. The number of hydrogen-bond donors (Lipinski definition) is 1. The van der Waals surface area contributed by atoms with Gasteiger partial charge in [-0.2, -0.15) is 5.10 Å². The van der Waals surface area contributed by atoms with Crippen molar-refractivity contribution >= 4 is 33.5 Å². The van der Waals surface area contributed by atoms with Crippen molar-refractivity contribution in [2.24, 2.45) is 5.92 Å². The van der Waals surface area contributed by atoms with Crippen LogP contribution in [0.25, 0.3) is 6.08 Å². The normalized spacial score (nSPS) is 19.8. The van der Waals surface area contributed by atoms with Gasteiger partial charge in [-0.3, -0.25) is 9.10 Å². The molecule has 1 atom stereocenters. The van der Waals surface area contributed by atoms with Crippen LogP contribution in [0.15, 0.2) is 42.6 Å². The van der Waals surface area contributed by atoms with Crippen molar-refractivity contribution in [3.05, 3.63) is 48.2 Å². The van der Waals surface area contributed by atoms with E-state index in [2.05, 4.69) is 17.3 Å². The number of benzene rings is 1. The number of nitrogens with one attached hydrogen (secondary N) is 1. The van der Waals surface area contributed by atoms with Crippen molar-refractivity contribution in [2.75, 3.05) is 21.9 Å². The summed E-state index contributed by atoms with van der Waals surface area (Å²) in [4.78, 5) is 12.3. The Hall–Kier alpha value is -2.61. The molecule has 1 unspecified atom stereocenters. The van der Waals surface area contributed by atoms with E-state index in [-0.39, 0.29) is 17.7 Å². The number of hydrogen-bond acceptors (Lipinski definition) is 4. The Labute approximate surface area is 165 Å². The summed E-state index contributed by atoms with van der Waals surface area (Å²) in [7, 11) is -3.18. The van der Waals surface area contributed by atoms with Gasteiger partial charge in [0.25, 0.3) is 0 Å². The van der Waals surface area contributed by atoms with Gasteiger partial charge >= 0.3 is 0 Å². The smallest absolute Gasteiger partial charge is 0.249 e. The molecule has 1 amide bonds. The van der Waals surface area contributed by atoms with Crippen molar-refractivity contribution in [1.82, 2.24) is 9.78 Å². The molecule has 1 saturated carbocycles. The van der Waals surface area contributed by atoms with Gasteiger partial charge in [0.05, 0.1) is 23.7 Å². The van der Waals surface area contributed by atoms with E-state index in [1.807, 2.05) is 16.8 Å². The predicted molar refractivity (Wildman–Crippen MR) is 110 cm³/mol. The lowest BCUT2D eigenvalue weighted by molar-refractivity contribution is -0.111. The predicted octanol–water partition coefficient (Wildman–Crippen LogP) is 3.05. The number of carbonyl (C=O) groups is 1. The van der Waals surface area contributed by atoms with Crippen LogP contribution in [0.3, 0.4) is 0 Å². The number of sulfonamides is 1. The van der Waals surface area contributed by atoms with E-state index in [4.69, 9.17) is 0 Å². The fourth-order valence-corrected chi connectivity index (χ4v) is 5.10. The fraction of sp³-hybridized carbons (Fsp3) is 0.400. The van der Waals surface area contributed by atoms with Crippen LogP contribution >= 0.6 is 0 Å². The molecular formula is C20H24N4O3S. The molecule has 1 aliphatic heterocycles. The van der Waals surface area contributed by atoms with Crippen LogP contribution in [0.5, 0.6) is 0 Å². The lowest BCUT2D eigenvalue weighted by Gasteiger charge is -2.16. The van der Waals surface area contributed by atoms with Gasteiger partial charge in [-0.15, -0.1) is 0 Å². The Bertz CT molecular complexity index is 991. The second-order valence-electron chi connectivity index (χ2n) is 7.39. The Kier molecular flexibility index (Phi) is 4.97. The topological polar surface area (TPSA) is 84.3 Å². The Morgan fingerprint density at radius 2 is 2.00 bits per heavy atom. The van der Waals surface area contributed by atoms with Crippen molar-refractivity contribution in [3.63, 3.8) is 0 Å². The Morgan fingerprint density at radius 1 is 1.25 bits per heavy atom. The summed E-state index contributed by atoms with van der Waals surface area (Å²) in [6.45, 7) is 2.64. The Balaban J connectivity index is 1.39. The minimum atomic E-state index is -3.18. The molecule has 8 heteroatoms. The summed E-state index contributed by atoms with van der Waals surface area (Å²) in [6, 6.07) is 9.25. The molecule has 148 valence electrons. The summed E-state index contributed by atoms with van der Waals surface area (Å²) in [5.41, 5.74) is 1.49. The summed E-state index contributed by atoms with van der Waals surface area (Å²) in [5.74, 6) is 1.31. The van der Waals surface area contributed by atoms with Gasteiger partial charge < -0.3 is 5.32 Å². The SMILES string of the molecule is CC(C1CC1)n1nccc1NC(=O)/C=C/c1ccc(N2CCCS2(=O)=O)cc1.